The number of halogens is 2. The Kier molecular flexibility index (Phi) is 7.13. The van der Waals surface area contributed by atoms with Crippen molar-refractivity contribution in [3.05, 3.63) is 69.9 Å². The quantitative estimate of drug-likeness (QED) is 0.372. The number of carbonyl (C=O) groups is 2. The van der Waals surface area contributed by atoms with Gasteiger partial charge in [0, 0.05) is 22.2 Å². The van der Waals surface area contributed by atoms with E-state index in [4.69, 9.17) is 28.3 Å². The molecule has 0 saturated heterocycles. The highest BCUT2D eigenvalue weighted by Crippen LogP contribution is 2.30. The Morgan fingerprint density at radius 1 is 1.13 bits per heavy atom. The second kappa shape index (κ2) is 9.80. The molecule has 3 aromatic rings. The number of amides is 1. The smallest absolute Gasteiger partial charge is 0.333 e. The van der Waals surface area contributed by atoms with Gasteiger partial charge in [-0.25, -0.2) is 9.80 Å². The molecule has 0 spiro atoms. The number of nitrogens with zero attached hydrogens (tertiary/aromatic N) is 2. The summed E-state index contributed by atoms with van der Waals surface area (Å²) < 4.78 is 4.67. The number of aliphatic hydroxyl groups excluding tert-OH is 1. The van der Waals surface area contributed by atoms with Crippen molar-refractivity contribution >= 4 is 35.1 Å². The third kappa shape index (κ3) is 5.96. The molecule has 2 aromatic carbocycles. The highest BCUT2D eigenvalue weighted by Gasteiger charge is 2.22. The lowest BCUT2D eigenvalue weighted by Crippen LogP contribution is -2.47. The van der Waals surface area contributed by atoms with Gasteiger partial charge in [-0.3, -0.25) is 10.2 Å². The molecule has 1 unspecified atom stereocenters. The van der Waals surface area contributed by atoms with Crippen molar-refractivity contribution in [2.24, 2.45) is 0 Å². The predicted molar refractivity (Wildman–Crippen MR) is 112 cm³/mol. The molecule has 9 nitrogen and oxygen atoms in total. The second-order valence-electron chi connectivity index (χ2n) is 6.55. The Morgan fingerprint density at radius 2 is 1.84 bits per heavy atom. The average Bonchev–Trinajstić information content (AvgIpc) is 3.17. The summed E-state index contributed by atoms with van der Waals surface area (Å²) >= 11 is 12.3. The summed E-state index contributed by atoms with van der Waals surface area (Å²) in [7, 11) is 0. The van der Waals surface area contributed by atoms with Gasteiger partial charge in [0.05, 0.1) is 12.6 Å². The van der Waals surface area contributed by atoms with Crippen LogP contribution in [0.3, 0.4) is 0 Å². The Hall–Kier alpha value is -3.11. The zero-order valence-electron chi connectivity index (χ0n) is 15.8. The van der Waals surface area contributed by atoms with Crippen molar-refractivity contribution in [2.75, 3.05) is 6.54 Å². The van der Waals surface area contributed by atoms with Gasteiger partial charge in [-0.1, -0.05) is 47.5 Å². The average molecular weight is 466 g/mol. The highest BCUT2D eigenvalue weighted by molar-refractivity contribution is 6.35. The fraction of sp³-hybridized carbons (Fsp3) is 0.150. The van der Waals surface area contributed by atoms with Crippen LogP contribution in [0.25, 0.3) is 11.1 Å². The van der Waals surface area contributed by atoms with Gasteiger partial charge in [-0.05, 0) is 34.5 Å². The van der Waals surface area contributed by atoms with E-state index < -0.39 is 30.4 Å². The molecule has 1 heterocycles. The van der Waals surface area contributed by atoms with E-state index >= 15 is 0 Å². The lowest BCUT2D eigenvalue weighted by Gasteiger charge is -2.24. The molecule has 0 bridgehead atoms. The molecule has 0 aliphatic heterocycles. The number of aliphatic carboxylic acids is 1. The Morgan fingerprint density at radius 3 is 2.45 bits per heavy atom. The molecule has 0 radical (unpaired) electrons. The molecular weight excluding hydrogens is 449 g/mol. The van der Waals surface area contributed by atoms with Gasteiger partial charge in [0.25, 0.3) is 5.88 Å². The first kappa shape index (κ1) is 22.6. The molecule has 31 heavy (non-hydrogen) atoms. The Bertz CT molecular complexity index is 1090. The number of rotatable bonds is 8. The zero-order chi connectivity index (χ0) is 22.5. The third-order valence-electron chi connectivity index (χ3n) is 4.23. The molecule has 0 aliphatic carbocycles. The van der Waals surface area contributed by atoms with Crippen LogP contribution in [0.1, 0.15) is 16.1 Å². The van der Waals surface area contributed by atoms with Crippen molar-refractivity contribution in [3.63, 3.8) is 0 Å². The van der Waals surface area contributed by atoms with Crippen molar-refractivity contribution in [3.8, 4) is 17.0 Å². The summed E-state index contributed by atoms with van der Waals surface area (Å²) in [4.78, 5) is 23.3. The minimum absolute atomic E-state index is 0.0692. The van der Waals surface area contributed by atoms with Crippen LogP contribution in [-0.4, -0.2) is 50.0 Å². The monoisotopic (exact) mass is 465 g/mol. The molecule has 11 heteroatoms. The van der Waals surface area contributed by atoms with Crippen molar-refractivity contribution in [1.82, 2.24) is 15.6 Å². The van der Waals surface area contributed by atoms with E-state index in [2.05, 4.69) is 15.1 Å². The fourth-order valence-electron chi connectivity index (χ4n) is 2.74. The minimum Gasteiger partial charge on any atom is -0.491 e. The van der Waals surface area contributed by atoms with Gasteiger partial charge in [0.1, 0.15) is 0 Å². The molecule has 0 aliphatic rings. The molecule has 3 rings (SSSR count). The third-order valence-corrected chi connectivity index (χ3v) is 4.79. The molecule has 162 valence electrons. The van der Waals surface area contributed by atoms with Crippen LogP contribution in [0, 0.1) is 0 Å². The van der Waals surface area contributed by atoms with E-state index in [-0.39, 0.29) is 12.3 Å². The molecular formula is C20H17Cl2N3O6. The van der Waals surface area contributed by atoms with Gasteiger partial charge < -0.3 is 19.8 Å². The number of hydrogen-bond acceptors (Lipinski definition) is 7. The summed E-state index contributed by atoms with van der Waals surface area (Å²) in [5, 5.41) is 33.4. The minimum atomic E-state index is -1.74. The lowest BCUT2D eigenvalue weighted by atomic mass is 10.0. The number of aliphatic hydroxyl groups is 1. The van der Waals surface area contributed by atoms with E-state index in [0.29, 0.717) is 15.6 Å². The first-order valence-electron chi connectivity index (χ1n) is 8.90. The van der Waals surface area contributed by atoms with E-state index in [0.717, 1.165) is 17.2 Å². The maximum atomic E-state index is 12.3. The molecule has 1 atom stereocenters. The van der Waals surface area contributed by atoms with Gasteiger partial charge in [0.15, 0.2) is 6.10 Å². The number of carbonyl (C=O) groups excluding carboxylic acids is 1. The summed E-state index contributed by atoms with van der Waals surface area (Å²) in [5.74, 6) is -2.97. The van der Waals surface area contributed by atoms with Crippen LogP contribution in [-0.2, 0) is 11.3 Å². The summed E-state index contributed by atoms with van der Waals surface area (Å²) in [5.41, 5.74) is 4.70. The molecule has 0 saturated carbocycles. The largest absolute Gasteiger partial charge is 0.491 e. The van der Waals surface area contributed by atoms with Gasteiger partial charge in [-0.15, -0.1) is 0 Å². The maximum absolute atomic E-state index is 12.3. The van der Waals surface area contributed by atoms with Crippen molar-refractivity contribution in [1.29, 1.82) is 0 Å². The lowest BCUT2D eigenvalue weighted by molar-refractivity contribution is -0.148. The van der Waals surface area contributed by atoms with Crippen LogP contribution in [0.5, 0.6) is 5.88 Å². The Labute approximate surface area is 186 Å². The highest BCUT2D eigenvalue weighted by atomic mass is 35.5. The van der Waals surface area contributed by atoms with Crippen molar-refractivity contribution < 1.29 is 29.4 Å². The number of carboxylic acid groups (broad SMARTS) is 1. The topological polar surface area (TPSA) is 136 Å². The summed E-state index contributed by atoms with van der Waals surface area (Å²) in [6, 6.07) is 13.2. The van der Waals surface area contributed by atoms with Crippen LogP contribution < -0.4 is 5.43 Å². The maximum Gasteiger partial charge on any atom is 0.333 e. The number of aromatic nitrogens is 1. The number of nitrogens with one attached hydrogen (secondary N) is 1. The number of aromatic hydroxyl groups is 1. The van der Waals surface area contributed by atoms with Crippen LogP contribution >= 0.6 is 23.2 Å². The molecule has 0 fully saturated rings. The van der Waals surface area contributed by atoms with Gasteiger partial charge >= 0.3 is 11.9 Å². The van der Waals surface area contributed by atoms with E-state index in [1.54, 1.807) is 42.5 Å². The van der Waals surface area contributed by atoms with Crippen LogP contribution in [0.2, 0.25) is 10.0 Å². The first-order chi connectivity index (χ1) is 14.7. The van der Waals surface area contributed by atoms with E-state index in [9.17, 15) is 19.8 Å². The van der Waals surface area contributed by atoms with Gasteiger partial charge in [0.2, 0.25) is 5.76 Å². The second-order valence-corrected chi connectivity index (χ2v) is 7.39. The summed E-state index contributed by atoms with van der Waals surface area (Å²) in [6.45, 7) is -0.331. The van der Waals surface area contributed by atoms with E-state index in [1.807, 2.05) is 0 Å². The SMILES string of the molecule is O=C(NN(Cc1ccc(-c2cc(Cl)ccc2Cl)cc1)CC(O)C(=O)O)c1cc(O)no1. The normalized spacial score (nSPS) is 12.0. The molecule has 4 N–H and O–H groups in total. The van der Waals surface area contributed by atoms with Crippen molar-refractivity contribution in [2.45, 2.75) is 12.6 Å². The summed E-state index contributed by atoms with van der Waals surface area (Å²) in [6.07, 6.45) is -1.74. The van der Waals surface area contributed by atoms with Crippen LogP contribution in [0.15, 0.2) is 53.1 Å². The number of benzene rings is 2. The molecule has 1 aromatic heterocycles. The van der Waals surface area contributed by atoms with Gasteiger partial charge in [-0.2, -0.15) is 0 Å². The Balaban J connectivity index is 1.77. The number of carboxylic acids is 1. The van der Waals surface area contributed by atoms with E-state index in [1.165, 1.54) is 5.01 Å². The van der Waals surface area contributed by atoms with Crippen LogP contribution in [0.4, 0.5) is 0 Å². The zero-order valence-corrected chi connectivity index (χ0v) is 17.3. The number of hydrazine groups is 1. The predicted octanol–water partition coefficient (Wildman–Crippen LogP) is 2.95. The molecule has 1 amide bonds. The first-order valence-corrected chi connectivity index (χ1v) is 9.65. The fourth-order valence-corrected chi connectivity index (χ4v) is 3.14. The standard InChI is InChI=1S/C20H17Cl2N3O6/c21-13-5-6-15(22)14(7-13)12-3-1-11(2-4-12)9-25(10-16(26)20(29)30)23-19(28)17-8-18(27)24-31-17/h1-8,16,26H,9-10H2,(H,23,28)(H,24,27)(H,29,30). The number of hydrogen-bond donors (Lipinski definition) is 4.